The van der Waals surface area contributed by atoms with Crippen molar-refractivity contribution < 1.29 is 23.8 Å². The summed E-state index contributed by atoms with van der Waals surface area (Å²) in [5.41, 5.74) is -0.830. The van der Waals surface area contributed by atoms with Gasteiger partial charge in [-0.2, -0.15) is 4.98 Å². The molecule has 0 aliphatic carbocycles. The molecular weight excluding hydrogens is 495 g/mol. The number of hydrogen-bond donors (Lipinski definition) is 2. The standard InChI is InChI=1S/C24H22ClFN4O6/c1-2-35-22(33)17-12-16(8-9-18(17)26)36-24-28-20-19(21(32)29(10-3-11-31)23(34)27-20)30(24)13-14-4-6-15(25)7-5-14/h4-9,12,31H,2-3,10-11,13H2,1H3,(H,27,34). The topological polar surface area (TPSA) is 128 Å². The number of nitrogens with one attached hydrogen (secondary N) is 1. The van der Waals surface area contributed by atoms with Crippen molar-refractivity contribution in [2.75, 3.05) is 13.2 Å². The first-order valence-corrected chi connectivity index (χ1v) is 11.4. The van der Waals surface area contributed by atoms with Gasteiger partial charge in [0.2, 0.25) is 0 Å². The fourth-order valence-corrected chi connectivity index (χ4v) is 3.72. The number of esters is 1. The van der Waals surface area contributed by atoms with Crippen molar-refractivity contribution in [3.8, 4) is 11.8 Å². The van der Waals surface area contributed by atoms with E-state index in [0.29, 0.717) is 5.02 Å². The summed E-state index contributed by atoms with van der Waals surface area (Å²) in [5.74, 6) is -1.58. The fraction of sp³-hybridized carbons (Fsp3) is 0.250. The number of fused-ring (bicyclic) bond motifs is 1. The summed E-state index contributed by atoms with van der Waals surface area (Å²) in [5, 5.41) is 9.67. The third kappa shape index (κ3) is 5.16. The van der Waals surface area contributed by atoms with E-state index in [4.69, 9.17) is 26.2 Å². The minimum Gasteiger partial charge on any atom is -0.462 e. The van der Waals surface area contributed by atoms with E-state index in [1.165, 1.54) is 16.7 Å². The summed E-state index contributed by atoms with van der Waals surface area (Å²) in [6, 6.07) is 10.3. The van der Waals surface area contributed by atoms with Crippen molar-refractivity contribution in [1.82, 2.24) is 19.1 Å². The molecule has 0 spiro atoms. The maximum absolute atomic E-state index is 14.2. The van der Waals surface area contributed by atoms with Crippen LogP contribution in [-0.2, 0) is 17.8 Å². The first-order valence-electron chi connectivity index (χ1n) is 11.1. The molecule has 4 aromatic rings. The molecule has 4 rings (SSSR count). The van der Waals surface area contributed by atoms with E-state index >= 15 is 0 Å². The fourth-order valence-electron chi connectivity index (χ4n) is 3.59. The number of carbonyl (C=O) groups excluding carboxylic acids is 1. The summed E-state index contributed by atoms with van der Waals surface area (Å²) in [4.78, 5) is 44.7. The molecule has 0 aliphatic rings. The van der Waals surface area contributed by atoms with Crippen LogP contribution < -0.4 is 16.0 Å². The monoisotopic (exact) mass is 516 g/mol. The summed E-state index contributed by atoms with van der Waals surface area (Å²) >= 11 is 5.99. The molecule has 12 heteroatoms. The van der Waals surface area contributed by atoms with Gasteiger partial charge in [0.15, 0.2) is 11.2 Å². The zero-order chi connectivity index (χ0) is 25.8. The predicted octanol–water partition coefficient (Wildman–Crippen LogP) is 3.08. The highest BCUT2D eigenvalue weighted by Gasteiger charge is 2.21. The Labute approximate surface area is 208 Å². The molecule has 0 atom stereocenters. The van der Waals surface area contributed by atoms with E-state index in [1.807, 2.05) is 0 Å². The third-order valence-electron chi connectivity index (χ3n) is 5.29. The van der Waals surface area contributed by atoms with Crippen LogP contribution in [0.25, 0.3) is 11.2 Å². The number of aliphatic hydroxyl groups is 1. The summed E-state index contributed by atoms with van der Waals surface area (Å²) in [6.45, 7) is 1.59. The molecule has 2 aromatic carbocycles. The Morgan fingerprint density at radius 3 is 2.61 bits per heavy atom. The second-order valence-corrected chi connectivity index (χ2v) is 8.17. The van der Waals surface area contributed by atoms with Crippen molar-refractivity contribution in [3.05, 3.63) is 85.3 Å². The lowest BCUT2D eigenvalue weighted by molar-refractivity contribution is 0.0520. The smallest absolute Gasteiger partial charge is 0.341 e. The van der Waals surface area contributed by atoms with Crippen molar-refractivity contribution in [2.45, 2.75) is 26.4 Å². The van der Waals surface area contributed by atoms with E-state index in [-0.39, 0.29) is 61.2 Å². The van der Waals surface area contributed by atoms with Crippen molar-refractivity contribution >= 4 is 28.7 Å². The van der Waals surface area contributed by atoms with Crippen molar-refractivity contribution in [1.29, 1.82) is 0 Å². The first kappa shape index (κ1) is 25.1. The van der Waals surface area contributed by atoms with Gasteiger partial charge in [0, 0.05) is 18.2 Å². The quantitative estimate of drug-likeness (QED) is 0.327. The Balaban J connectivity index is 1.84. The van der Waals surface area contributed by atoms with Gasteiger partial charge in [-0.15, -0.1) is 0 Å². The molecule has 0 unspecified atom stereocenters. The number of rotatable bonds is 9. The van der Waals surface area contributed by atoms with E-state index in [0.717, 1.165) is 16.2 Å². The Morgan fingerprint density at radius 1 is 1.17 bits per heavy atom. The second-order valence-electron chi connectivity index (χ2n) is 7.73. The van der Waals surface area contributed by atoms with Crippen molar-refractivity contribution in [2.24, 2.45) is 0 Å². The van der Waals surface area contributed by atoms with Gasteiger partial charge >= 0.3 is 17.7 Å². The average molecular weight is 517 g/mol. The molecule has 0 saturated carbocycles. The number of halogens is 2. The normalized spacial score (nSPS) is 11.1. The molecule has 0 bridgehead atoms. The van der Waals surface area contributed by atoms with Crippen LogP contribution >= 0.6 is 11.6 Å². The number of ether oxygens (including phenoxy) is 2. The van der Waals surface area contributed by atoms with Crippen LogP contribution in [0.2, 0.25) is 5.02 Å². The van der Waals surface area contributed by atoms with Gasteiger partial charge in [0.1, 0.15) is 11.6 Å². The SMILES string of the molecule is CCOC(=O)c1cc(Oc2nc3[nH]c(=O)n(CCCO)c(=O)c3n2Cc2ccc(Cl)cc2)ccc1F. The van der Waals surface area contributed by atoms with Crippen LogP contribution in [0.5, 0.6) is 11.8 Å². The highest BCUT2D eigenvalue weighted by molar-refractivity contribution is 6.30. The lowest BCUT2D eigenvalue weighted by atomic mass is 10.2. The minimum atomic E-state index is -0.855. The number of benzene rings is 2. The molecule has 0 fully saturated rings. The maximum atomic E-state index is 14.2. The Bertz CT molecular complexity index is 1530. The number of imidazole rings is 1. The Morgan fingerprint density at radius 2 is 1.92 bits per heavy atom. The number of aromatic amines is 1. The number of aromatic nitrogens is 4. The highest BCUT2D eigenvalue weighted by Crippen LogP contribution is 2.27. The molecule has 2 N–H and O–H groups in total. The van der Waals surface area contributed by atoms with Crippen LogP contribution in [0.3, 0.4) is 0 Å². The summed E-state index contributed by atoms with van der Waals surface area (Å²) in [7, 11) is 0. The third-order valence-corrected chi connectivity index (χ3v) is 5.54. The van der Waals surface area contributed by atoms with Crippen LogP contribution in [0.1, 0.15) is 29.3 Å². The molecule has 0 radical (unpaired) electrons. The summed E-state index contributed by atoms with van der Waals surface area (Å²) < 4.78 is 27.4. The van der Waals surface area contributed by atoms with Gasteiger partial charge in [0.25, 0.3) is 5.56 Å². The van der Waals surface area contributed by atoms with E-state index in [2.05, 4.69) is 9.97 Å². The number of H-pyrrole nitrogens is 1. The zero-order valence-corrected chi connectivity index (χ0v) is 19.9. The molecule has 0 saturated heterocycles. The van der Waals surface area contributed by atoms with Gasteiger partial charge in [-0.3, -0.25) is 18.9 Å². The molecule has 2 aromatic heterocycles. The van der Waals surface area contributed by atoms with Crippen LogP contribution in [0, 0.1) is 5.82 Å². The van der Waals surface area contributed by atoms with Crippen LogP contribution in [-0.4, -0.2) is 43.4 Å². The molecule has 10 nitrogen and oxygen atoms in total. The van der Waals surface area contributed by atoms with Gasteiger partial charge < -0.3 is 14.6 Å². The Hall–Kier alpha value is -3.96. The van der Waals surface area contributed by atoms with E-state index in [9.17, 15) is 18.8 Å². The number of nitrogens with zero attached hydrogens (tertiary/aromatic N) is 3. The molecule has 2 heterocycles. The Kier molecular flexibility index (Phi) is 7.51. The van der Waals surface area contributed by atoms with Crippen molar-refractivity contribution in [3.63, 3.8) is 0 Å². The zero-order valence-electron chi connectivity index (χ0n) is 19.2. The summed E-state index contributed by atoms with van der Waals surface area (Å²) in [6.07, 6.45) is 0.204. The van der Waals surface area contributed by atoms with Gasteiger partial charge in [-0.05, 0) is 49.2 Å². The van der Waals surface area contributed by atoms with Crippen LogP contribution in [0.4, 0.5) is 4.39 Å². The number of carbonyl (C=O) groups is 1. The molecular formula is C24H22ClFN4O6. The van der Waals surface area contributed by atoms with E-state index < -0.39 is 23.0 Å². The van der Waals surface area contributed by atoms with Gasteiger partial charge in [-0.1, -0.05) is 23.7 Å². The maximum Gasteiger partial charge on any atom is 0.341 e. The lowest BCUT2D eigenvalue weighted by Gasteiger charge is -2.11. The largest absolute Gasteiger partial charge is 0.462 e. The molecule has 0 amide bonds. The number of hydrogen-bond acceptors (Lipinski definition) is 7. The van der Waals surface area contributed by atoms with Gasteiger partial charge in [0.05, 0.1) is 18.7 Å². The first-order chi connectivity index (χ1) is 17.3. The molecule has 0 aliphatic heterocycles. The average Bonchev–Trinajstić information content (AvgIpc) is 3.18. The second kappa shape index (κ2) is 10.8. The lowest BCUT2D eigenvalue weighted by Crippen LogP contribution is -2.36. The molecule has 36 heavy (non-hydrogen) atoms. The minimum absolute atomic E-state index is 0.00375. The van der Waals surface area contributed by atoms with Crippen LogP contribution in [0.15, 0.2) is 52.1 Å². The number of aliphatic hydroxyl groups excluding tert-OH is 1. The predicted molar refractivity (Wildman–Crippen MR) is 129 cm³/mol. The van der Waals surface area contributed by atoms with E-state index in [1.54, 1.807) is 31.2 Å². The molecule has 188 valence electrons. The van der Waals surface area contributed by atoms with Gasteiger partial charge in [-0.25, -0.2) is 14.0 Å². The highest BCUT2D eigenvalue weighted by atomic mass is 35.5.